The summed E-state index contributed by atoms with van der Waals surface area (Å²) in [5, 5.41) is 9.99. The lowest BCUT2D eigenvalue weighted by atomic mass is 10.1. The van der Waals surface area contributed by atoms with E-state index in [4.69, 9.17) is 4.74 Å². The van der Waals surface area contributed by atoms with Crippen molar-refractivity contribution in [1.82, 2.24) is 0 Å². The molecule has 0 spiro atoms. The zero-order valence-electron chi connectivity index (χ0n) is 7.99. The maximum Gasteiger partial charge on any atom is 0.302 e. The number of ether oxygens (including phenoxy) is 1. The third kappa shape index (κ3) is 7.24. The van der Waals surface area contributed by atoms with Gasteiger partial charge in [-0.3, -0.25) is 14.9 Å². The summed E-state index contributed by atoms with van der Waals surface area (Å²) in [6.07, 6.45) is 1.56. The van der Waals surface area contributed by atoms with E-state index in [9.17, 15) is 14.9 Å². The molecule has 0 saturated carbocycles. The van der Waals surface area contributed by atoms with Crippen LogP contribution < -0.4 is 0 Å². The predicted octanol–water partition coefficient (Wildman–Crippen LogP) is 1.39. The summed E-state index contributed by atoms with van der Waals surface area (Å²) in [4.78, 5) is 20.2. The van der Waals surface area contributed by atoms with Crippen molar-refractivity contribution in [2.24, 2.45) is 0 Å². The second-order valence-electron chi connectivity index (χ2n) is 2.84. The quantitative estimate of drug-likeness (QED) is 0.359. The molecule has 0 aromatic carbocycles. The lowest BCUT2D eigenvalue weighted by Gasteiger charge is -2.13. The van der Waals surface area contributed by atoms with Gasteiger partial charge in [0, 0.05) is 18.3 Å². The number of hydrogen-bond donors (Lipinski definition) is 0. The zero-order chi connectivity index (χ0) is 10.3. The molecule has 5 nitrogen and oxygen atoms in total. The third-order valence-corrected chi connectivity index (χ3v) is 1.65. The largest absolute Gasteiger partial charge is 0.463 e. The average molecular weight is 189 g/mol. The van der Waals surface area contributed by atoms with Gasteiger partial charge in [-0.05, 0) is 12.8 Å². The van der Waals surface area contributed by atoms with Crippen molar-refractivity contribution in [2.75, 3.05) is 6.54 Å². The van der Waals surface area contributed by atoms with Gasteiger partial charge in [-0.1, -0.05) is 6.92 Å². The highest BCUT2D eigenvalue weighted by Gasteiger charge is 2.10. The van der Waals surface area contributed by atoms with Crippen LogP contribution in [0.5, 0.6) is 0 Å². The molecule has 0 N–H and O–H groups in total. The van der Waals surface area contributed by atoms with Crippen molar-refractivity contribution in [3.8, 4) is 0 Å². The van der Waals surface area contributed by atoms with Gasteiger partial charge in [-0.2, -0.15) is 0 Å². The number of rotatable bonds is 6. The summed E-state index contributed by atoms with van der Waals surface area (Å²) in [5.41, 5.74) is 0. The molecule has 1 atom stereocenters. The molecule has 0 aliphatic rings. The van der Waals surface area contributed by atoms with E-state index < -0.39 is 0 Å². The van der Waals surface area contributed by atoms with Crippen LogP contribution in [-0.2, 0) is 9.53 Å². The van der Waals surface area contributed by atoms with Crippen molar-refractivity contribution in [2.45, 2.75) is 39.2 Å². The Balaban J connectivity index is 3.59. The van der Waals surface area contributed by atoms with E-state index in [2.05, 4.69) is 0 Å². The fourth-order valence-electron chi connectivity index (χ4n) is 1.03. The Bertz CT molecular complexity index is 181. The molecule has 0 amide bonds. The monoisotopic (exact) mass is 189 g/mol. The first-order valence-corrected chi connectivity index (χ1v) is 4.35. The fraction of sp³-hybridized carbons (Fsp3) is 0.875. The second-order valence-corrected chi connectivity index (χ2v) is 2.84. The smallest absolute Gasteiger partial charge is 0.302 e. The van der Waals surface area contributed by atoms with E-state index in [-0.39, 0.29) is 23.5 Å². The molecule has 0 radical (unpaired) electrons. The maximum atomic E-state index is 10.6. The van der Waals surface area contributed by atoms with Gasteiger partial charge in [0.25, 0.3) is 0 Å². The molecule has 0 aliphatic carbocycles. The molecule has 0 fully saturated rings. The summed E-state index contributed by atoms with van der Waals surface area (Å²) >= 11 is 0. The maximum absolute atomic E-state index is 10.6. The van der Waals surface area contributed by atoms with Gasteiger partial charge in [0.15, 0.2) is 0 Å². The summed E-state index contributed by atoms with van der Waals surface area (Å²) in [7, 11) is 0. The molecule has 0 saturated heterocycles. The van der Waals surface area contributed by atoms with Gasteiger partial charge < -0.3 is 4.74 Å². The van der Waals surface area contributed by atoms with Crippen molar-refractivity contribution >= 4 is 5.97 Å². The van der Waals surface area contributed by atoms with Crippen LogP contribution in [0.25, 0.3) is 0 Å². The summed E-state index contributed by atoms with van der Waals surface area (Å²) in [6.45, 7) is 3.17. The van der Waals surface area contributed by atoms with Crippen LogP contribution in [0.3, 0.4) is 0 Å². The molecule has 0 unspecified atom stereocenters. The standard InChI is InChI=1S/C8H15NO4/c1-3-8(13-7(2)10)5-4-6-9(11)12/h8H,3-6H2,1-2H3/t8-/m1/s1. The van der Waals surface area contributed by atoms with Crippen LogP contribution in [0.15, 0.2) is 0 Å². The molecule has 76 valence electrons. The van der Waals surface area contributed by atoms with Crippen LogP contribution in [0.4, 0.5) is 0 Å². The molecular formula is C8H15NO4. The van der Waals surface area contributed by atoms with Crippen molar-refractivity contribution in [1.29, 1.82) is 0 Å². The van der Waals surface area contributed by atoms with E-state index in [1.54, 1.807) is 0 Å². The van der Waals surface area contributed by atoms with E-state index in [0.29, 0.717) is 19.3 Å². The first-order chi connectivity index (χ1) is 6.06. The molecule has 0 aromatic heterocycles. The number of carbonyl (C=O) groups is 1. The number of carbonyl (C=O) groups excluding carboxylic acids is 1. The molecule has 0 aliphatic heterocycles. The fourth-order valence-corrected chi connectivity index (χ4v) is 1.03. The Morgan fingerprint density at radius 1 is 1.62 bits per heavy atom. The van der Waals surface area contributed by atoms with Gasteiger partial charge in [-0.15, -0.1) is 0 Å². The first kappa shape index (κ1) is 11.9. The molecular weight excluding hydrogens is 174 g/mol. The van der Waals surface area contributed by atoms with Crippen molar-refractivity contribution in [3.05, 3.63) is 10.1 Å². The number of esters is 1. The van der Waals surface area contributed by atoms with E-state index >= 15 is 0 Å². The normalized spacial score (nSPS) is 12.2. The molecule has 13 heavy (non-hydrogen) atoms. The van der Waals surface area contributed by atoms with E-state index in [1.165, 1.54) is 6.92 Å². The van der Waals surface area contributed by atoms with Crippen LogP contribution in [0, 0.1) is 10.1 Å². The highest BCUT2D eigenvalue weighted by atomic mass is 16.6. The zero-order valence-corrected chi connectivity index (χ0v) is 7.99. The average Bonchev–Trinajstić information content (AvgIpc) is 2.01. The topological polar surface area (TPSA) is 69.4 Å². The van der Waals surface area contributed by atoms with Crippen molar-refractivity contribution < 1.29 is 14.5 Å². The SMILES string of the molecule is CC[C@H](CCC[N+](=O)[O-])OC(C)=O. The summed E-state index contributed by atoms with van der Waals surface area (Å²) in [5.74, 6) is -0.326. The van der Waals surface area contributed by atoms with E-state index in [0.717, 1.165) is 0 Å². The highest BCUT2D eigenvalue weighted by Crippen LogP contribution is 2.06. The number of nitro groups is 1. The minimum absolute atomic E-state index is 0.0578. The Morgan fingerprint density at radius 2 is 2.23 bits per heavy atom. The minimum Gasteiger partial charge on any atom is -0.463 e. The Hall–Kier alpha value is -1.13. The molecule has 0 rings (SSSR count). The third-order valence-electron chi connectivity index (χ3n) is 1.65. The second kappa shape index (κ2) is 6.39. The molecule has 0 aromatic rings. The van der Waals surface area contributed by atoms with Gasteiger partial charge in [0.1, 0.15) is 6.10 Å². The highest BCUT2D eigenvalue weighted by molar-refractivity contribution is 5.66. The van der Waals surface area contributed by atoms with Gasteiger partial charge in [0.2, 0.25) is 6.54 Å². The minimum atomic E-state index is -0.361. The van der Waals surface area contributed by atoms with Crippen LogP contribution in [0.1, 0.15) is 33.1 Å². The van der Waals surface area contributed by atoms with Crippen LogP contribution in [-0.4, -0.2) is 23.5 Å². The first-order valence-electron chi connectivity index (χ1n) is 4.35. The molecule has 5 heteroatoms. The van der Waals surface area contributed by atoms with Crippen LogP contribution in [0.2, 0.25) is 0 Å². The van der Waals surface area contributed by atoms with Gasteiger partial charge in [-0.25, -0.2) is 0 Å². The summed E-state index contributed by atoms with van der Waals surface area (Å²) < 4.78 is 4.92. The van der Waals surface area contributed by atoms with Crippen LogP contribution >= 0.6 is 0 Å². The van der Waals surface area contributed by atoms with Gasteiger partial charge >= 0.3 is 5.97 Å². The number of hydrogen-bond acceptors (Lipinski definition) is 4. The lowest BCUT2D eigenvalue weighted by molar-refractivity contribution is -0.480. The van der Waals surface area contributed by atoms with Crippen molar-refractivity contribution in [3.63, 3.8) is 0 Å². The molecule has 0 heterocycles. The summed E-state index contributed by atoms with van der Waals surface area (Å²) in [6, 6.07) is 0. The Morgan fingerprint density at radius 3 is 2.62 bits per heavy atom. The lowest BCUT2D eigenvalue weighted by Crippen LogP contribution is -2.16. The predicted molar refractivity (Wildman–Crippen MR) is 46.9 cm³/mol. The van der Waals surface area contributed by atoms with Gasteiger partial charge in [0.05, 0.1) is 0 Å². The Kier molecular flexibility index (Phi) is 5.84. The van der Waals surface area contributed by atoms with E-state index in [1.807, 2.05) is 6.92 Å². The molecule has 0 bridgehead atoms. The number of nitrogens with zero attached hydrogens (tertiary/aromatic N) is 1. The Labute approximate surface area is 77.2 Å².